The molecule has 0 atom stereocenters. The van der Waals surface area contributed by atoms with E-state index in [4.69, 9.17) is 17.0 Å². The van der Waals surface area contributed by atoms with Crippen molar-refractivity contribution in [2.24, 2.45) is 0 Å². The Morgan fingerprint density at radius 3 is 2.84 bits per heavy atom. The fraction of sp³-hybridized carbons (Fsp3) is 0.375. The third-order valence-electron chi connectivity index (χ3n) is 4.00. The lowest BCUT2D eigenvalue weighted by molar-refractivity contribution is -0.119. The summed E-state index contributed by atoms with van der Waals surface area (Å²) in [5.74, 6) is -0.118. The zero-order valence-electron chi connectivity index (χ0n) is 13.7. The normalized spacial score (nSPS) is 14.5. The minimum absolute atomic E-state index is 0.227. The number of Topliss-reactive ketones (excluding diaryl/α,β-unsaturated/α-hetero) is 1. The van der Waals surface area contributed by atoms with Crippen molar-refractivity contribution in [1.29, 1.82) is 0 Å². The number of methoxy groups -OCH3 is 1. The molecule has 132 valence electrons. The molecule has 1 saturated heterocycles. The number of nitrogens with zero attached hydrogens (tertiary/aromatic N) is 4. The lowest BCUT2D eigenvalue weighted by Gasteiger charge is -2.28. The monoisotopic (exact) mass is 363 g/mol. The van der Waals surface area contributed by atoms with E-state index in [1.165, 1.54) is 17.9 Å². The number of aromatic nitrogens is 3. The highest BCUT2D eigenvalue weighted by Crippen LogP contribution is 2.24. The van der Waals surface area contributed by atoms with Crippen LogP contribution in [0.5, 0.6) is 0 Å². The predicted molar refractivity (Wildman–Crippen MR) is 94.2 cm³/mol. The Hall–Kier alpha value is -2.55. The Morgan fingerprint density at radius 2 is 2.16 bits per heavy atom. The topological polar surface area (TPSA) is 72.3 Å². The smallest absolute Gasteiger partial charge is 0.256 e. The van der Waals surface area contributed by atoms with Crippen LogP contribution in [0.1, 0.15) is 18.5 Å². The second-order valence-corrected chi connectivity index (χ2v) is 6.03. The van der Waals surface area contributed by atoms with Crippen LogP contribution in [-0.2, 0) is 16.1 Å². The standard InChI is InChI=1S/C16H18FN5O2S/c1-24-16(25)18-9-11-10-22(20-19-11)12-2-3-15(14(17)8-12)21-6-4-13(23)5-7-21/h2-3,8,10H,4-7,9H2,1H3,(H,18,25). The fourth-order valence-electron chi connectivity index (χ4n) is 2.63. The first-order valence-corrected chi connectivity index (χ1v) is 8.27. The summed E-state index contributed by atoms with van der Waals surface area (Å²) in [7, 11) is 1.48. The molecular formula is C16H18FN5O2S. The summed E-state index contributed by atoms with van der Waals surface area (Å²) < 4.78 is 20.8. The molecule has 3 rings (SSSR count). The summed E-state index contributed by atoms with van der Waals surface area (Å²) in [6, 6.07) is 4.90. The van der Waals surface area contributed by atoms with Crippen molar-refractivity contribution in [3.63, 3.8) is 0 Å². The highest BCUT2D eigenvalue weighted by atomic mass is 32.1. The molecule has 0 saturated carbocycles. The fourth-order valence-corrected chi connectivity index (χ4v) is 2.70. The van der Waals surface area contributed by atoms with Gasteiger partial charge in [-0.1, -0.05) is 5.21 Å². The Morgan fingerprint density at radius 1 is 1.40 bits per heavy atom. The van der Waals surface area contributed by atoms with E-state index >= 15 is 0 Å². The number of hydrogen-bond acceptors (Lipinski definition) is 6. The minimum atomic E-state index is -0.345. The van der Waals surface area contributed by atoms with Crippen molar-refractivity contribution in [2.45, 2.75) is 19.4 Å². The van der Waals surface area contributed by atoms with E-state index in [9.17, 15) is 9.18 Å². The summed E-state index contributed by atoms with van der Waals surface area (Å²) in [4.78, 5) is 13.2. The second kappa shape index (κ2) is 7.56. The van der Waals surface area contributed by atoms with Crippen LogP contribution in [0.25, 0.3) is 5.69 Å². The first-order valence-electron chi connectivity index (χ1n) is 7.86. The van der Waals surface area contributed by atoms with Crippen molar-refractivity contribution in [3.8, 4) is 5.69 Å². The molecule has 25 heavy (non-hydrogen) atoms. The second-order valence-electron chi connectivity index (χ2n) is 5.66. The Kier molecular flexibility index (Phi) is 5.22. The molecule has 2 aromatic rings. The SMILES string of the molecule is COC(=S)NCc1cn(-c2ccc(N3CCC(=O)CC3)c(F)c2)nn1. The summed E-state index contributed by atoms with van der Waals surface area (Å²) in [6.07, 6.45) is 2.62. The van der Waals surface area contributed by atoms with Crippen LogP contribution in [-0.4, -0.2) is 46.2 Å². The molecule has 1 aromatic carbocycles. The molecule has 9 heteroatoms. The lowest BCUT2D eigenvalue weighted by atomic mass is 10.1. The quantitative estimate of drug-likeness (QED) is 0.827. The Labute approximate surface area is 149 Å². The first kappa shape index (κ1) is 17.3. The molecule has 7 nitrogen and oxygen atoms in total. The van der Waals surface area contributed by atoms with Gasteiger partial charge in [0.25, 0.3) is 5.17 Å². The predicted octanol–water partition coefficient (Wildman–Crippen LogP) is 1.60. The molecule has 1 N–H and O–H groups in total. The van der Waals surface area contributed by atoms with Crippen LogP contribution in [0.15, 0.2) is 24.4 Å². The molecule has 2 heterocycles. The van der Waals surface area contributed by atoms with Crippen molar-refractivity contribution in [2.75, 3.05) is 25.1 Å². The number of nitrogens with one attached hydrogen (secondary N) is 1. The van der Waals surface area contributed by atoms with Crippen LogP contribution >= 0.6 is 12.2 Å². The highest BCUT2D eigenvalue weighted by Gasteiger charge is 2.19. The maximum atomic E-state index is 14.5. The van der Waals surface area contributed by atoms with Gasteiger partial charge in [0.1, 0.15) is 17.3 Å². The number of carbonyl (C=O) groups excluding carboxylic acids is 1. The average molecular weight is 363 g/mol. The average Bonchev–Trinajstić information content (AvgIpc) is 3.09. The number of anilines is 1. The molecule has 0 spiro atoms. The van der Waals surface area contributed by atoms with Gasteiger partial charge < -0.3 is 15.0 Å². The van der Waals surface area contributed by atoms with Gasteiger partial charge in [-0.05, 0) is 24.4 Å². The van der Waals surface area contributed by atoms with E-state index in [1.807, 2.05) is 4.90 Å². The number of benzene rings is 1. The van der Waals surface area contributed by atoms with Crippen molar-refractivity contribution < 1.29 is 13.9 Å². The maximum absolute atomic E-state index is 14.5. The van der Waals surface area contributed by atoms with Gasteiger partial charge in [-0.2, -0.15) is 0 Å². The number of carbonyl (C=O) groups is 1. The van der Waals surface area contributed by atoms with Gasteiger partial charge >= 0.3 is 0 Å². The zero-order valence-corrected chi connectivity index (χ0v) is 14.6. The minimum Gasteiger partial charge on any atom is -0.474 e. The molecular weight excluding hydrogens is 345 g/mol. The molecule has 0 radical (unpaired) electrons. The van der Waals surface area contributed by atoms with Crippen LogP contribution < -0.4 is 10.2 Å². The van der Waals surface area contributed by atoms with Gasteiger partial charge in [0.2, 0.25) is 0 Å². The molecule has 0 aliphatic carbocycles. The van der Waals surface area contributed by atoms with Gasteiger partial charge in [-0.3, -0.25) is 4.79 Å². The Bertz CT molecular complexity index is 785. The van der Waals surface area contributed by atoms with E-state index in [-0.39, 0.29) is 16.8 Å². The number of thiocarbonyl (C=S) groups is 1. The summed E-state index contributed by atoms with van der Waals surface area (Å²) >= 11 is 4.89. The molecule has 1 aromatic heterocycles. The number of ether oxygens (including phenoxy) is 1. The third-order valence-corrected chi connectivity index (χ3v) is 4.31. The zero-order chi connectivity index (χ0) is 17.8. The van der Waals surface area contributed by atoms with Crippen LogP contribution in [0, 0.1) is 5.82 Å². The molecule has 0 bridgehead atoms. The van der Waals surface area contributed by atoms with E-state index in [2.05, 4.69) is 15.6 Å². The van der Waals surface area contributed by atoms with Gasteiger partial charge in [-0.15, -0.1) is 5.10 Å². The lowest BCUT2D eigenvalue weighted by Crippen LogP contribution is -2.34. The van der Waals surface area contributed by atoms with E-state index in [1.54, 1.807) is 18.3 Å². The van der Waals surface area contributed by atoms with Crippen molar-refractivity contribution in [3.05, 3.63) is 35.9 Å². The summed E-state index contributed by atoms with van der Waals surface area (Å²) in [5, 5.41) is 11.1. The summed E-state index contributed by atoms with van der Waals surface area (Å²) in [6.45, 7) is 1.47. The highest BCUT2D eigenvalue weighted by molar-refractivity contribution is 7.80. The first-order chi connectivity index (χ1) is 12.1. The maximum Gasteiger partial charge on any atom is 0.256 e. The summed E-state index contributed by atoms with van der Waals surface area (Å²) in [5.41, 5.74) is 1.73. The molecule has 0 amide bonds. The third kappa shape index (κ3) is 4.11. The van der Waals surface area contributed by atoms with Crippen molar-refractivity contribution >= 4 is 28.9 Å². The molecule has 1 aliphatic rings. The Balaban J connectivity index is 1.71. The number of piperidine rings is 1. The van der Waals surface area contributed by atoms with Crippen LogP contribution in [0.4, 0.5) is 10.1 Å². The van der Waals surface area contributed by atoms with E-state index in [0.717, 1.165) is 0 Å². The largest absolute Gasteiger partial charge is 0.474 e. The molecule has 1 aliphatic heterocycles. The van der Waals surface area contributed by atoms with E-state index < -0.39 is 0 Å². The van der Waals surface area contributed by atoms with Crippen molar-refractivity contribution in [1.82, 2.24) is 20.3 Å². The number of hydrogen-bond donors (Lipinski definition) is 1. The number of rotatable bonds is 4. The van der Waals surface area contributed by atoms with E-state index in [0.29, 0.717) is 49.5 Å². The van der Waals surface area contributed by atoms with Gasteiger partial charge in [0.15, 0.2) is 0 Å². The van der Waals surface area contributed by atoms with Crippen LogP contribution in [0.2, 0.25) is 0 Å². The molecule has 0 unspecified atom stereocenters. The van der Waals surface area contributed by atoms with Crippen LogP contribution in [0.3, 0.4) is 0 Å². The van der Waals surface area contributed by atoms with Gasteiger partial charge in [0.05, 0.1) is 31.2 Å². The molecule has 1 fully saturated rings. The van der Waals surface area contributed by atoms with Gasteiger partial charge in [-0.25, -0.2) is 9.07 Å². The van der Waals surface area contributed by atoms with Gasteiger partial charge in [0, 0.05) is 32.0 Å². The number of halogens is 1. The number of ketones is 1.